The van der Waals surface area contributed by atoms with Crippen LogP contribution in [0.25, 0.3) is 10.9 Å². The Morgan fingerprint density at radius 1 is 1.38 bits per heavy atom. The normalized spacial score (nSPS) is 14.8. The summed E-state index contributed by atoms with van der Waals surface area (Å²) in [4.78, 5) is 0. The highest BCUT2D eigenvalue weighted by Crippen LogP contribution is 2.30. The van der Waals surface area contributed by atoms with Crippen LogP contribution in [-0.4, -0.2) is 23.3 Å². The highest BCUT2D eigenvalue weighted by molar-refractivity contribution is 5.85. The van der Waals surface area contributed by atoms with Crippen LogP contribution in [0.4, 0.5) is 5.69 Å². The van der Waals surface area contributed by atoms with Gasteiger partial charge in [-0.1, -0.05) is 0 Å². The number of benzene rings is 1. The molecule has 1 aromatic heterocycles. The highest BCUT2D eigenvalue weighted by Gasteiger charge is 2.10. The van der Waals surface area contributed by atoms with Gasteiger partial charge in [0.15, 0.2) is 0 Å². The summed E-state index contributed by atoms with van der Waals surface area (Å²) in [6, 6.07) is 4.02. The molecule has 0 unspecified atom stereocenters. The van der Waals surface area contributed by atoms with E-state index >= 15 is 0 Å². The van der Waals surface area contributed by atoms with Crippen molar-refractivity contribution < 1.29 is 4.74 Å². The van der Waals surface area contributed by atoms with E-state index in [0.717, 1.165) is 35.5 Å². The van der Waals surface area contributed by atoms with E-state index in [1.54, 1.807) is 0 Å². The van der Waals surface area contributed by atoms with Gasteiger partial charge in [-0.25, -0.2) is 0 Å². The van der Waals surface area contributed by atoms with Crippen LogP contribution >= 0.6 is 0 Å². The topological polar surface area (TPSA) is 49.9 Å². The third-order valence-corrected chi connectivity index (χ3v) is 2.22. The molecule has 0 saturated heterocycles. The fourth-order valence-corrected chi connectivity index (χ4v) is 1.58. The molecule has 13 heavy (non-hydrogen) atoms. The van der Waals surface area contributed by atoms with Gasteiger partial charge < -0.3 is 10.1 Å². The van der Waals surface area contributed by atoms with Gasteiger partial charge in [0.2, 0.25) is 0 Å². The summed E-state index contributed by atoms with van der Waals surface area (Å²) in [6.07, 6.45) is 1.81. The van der Waals surface area contributed by atoms with E-state index in [2.05, 4.69) is 15.5 Å². The third kappa shape index (κ3) is 0.950. The fraction of sp³-hybridized carbons (Fsp3) is 0.222. The molecular weight excluding hydrogens is 166 g/mol. The molecule has 0 aliphatic carbocycles. The zero-order valence-electron chi connectivity index (χ0n) is 7.00. The summed E-state index contributed by atoms with van der Waals surface area (Å²) in [6.45, 7) is 1.60. The lowest BCUT2D eigenvalue weighted by Gasteiger charge is -2.18. The molecule has 2 heterocycles. The Bertz CT molecular complexity index is 409. The molecule has 66 valence electrons. The van der Waals surface area contributed by atoms with Crippen LogP contribution in [-0.2, 0) is 0 Å². The van der Waals surface area contributed by atoms with E-state index < -0.39 is 0 Å². The van der Waals surface area contributed by atoms with Gasteiger partial charge in [0.1, 0.15) is 12.4 Å². The zero-order valence-corrected chi connectivity index (χ0v) is 7.00. The van der Waals surface area contributed by atoms with E-state index in [9.17, 15) is 0 Å². The first-order valence-electron chi connectivity index (χ1n) is 4.27. The van der Waals surface area contributed by atoms with Gasteiger partial charge in [-0.05, 0) is 6.07 Å². The van der Waals surface area contributed by atoms with Crippen molar-refractivity contribution in [2.45, 2.75) is 0 Å². The second-order valence-electron chi connectivity index (χ2n) is 3.08. The van der Waals surface area contributed by atoms with Crippen molar-refractivity contribution in [1.82, 2.24) is 10.2 Å². The summed E-state index contributed by atoms with van der Waals surface area (Å²) >= 11 is 0. The first-order valence-corrected chi connectivity index (χ1v) is 4.27. The van der Waals surface area contributed by atoms with Crippen LogP contribution in [0.2, 0.25) is 0 Å². The van der Waals surface area contributed by atoms with Crippen molar-refractivity contribution in [3.05, 3.63) is 18.3 Å². The van der Waals surface area contributed by atoms with Gasteiger partial charge in [0.25, 0.3) is 0 Å². The van der Waals surface area contributed by atoms with Crippen LogP contribution in [0.1, 0.15) is 0 Å². The summed E-state index contributed by atoms with van der Waals surface area (Å²) in [5.74, 6) is 0.906. The predicted molar refractivity (Wildman–Crippen MR) is 50.1 cm³/mol. The molecular formula is C9H9N3O. The lowest BCUT2D eigenvalue weighted by Crippen LogP contribution is -2.17. The summed E-state index contributed by atoms with van der Waals surface area (Å²) in [5, 5.41) is 11.3. The van der Waals surface area contributed by atoms with Crippen LogP contribution in [0, 0.1) is 0 Å². The van der Waals surface area contributed by atoms with E-state index in [1.807, 2.05) is 18.3 Å². The molecule has 0 radical (unpaired) electrons. The second-order valence-corrected chi connectivity index (χ2v) is 3.08. The standard InChI is InChI=1S/C9H9N3O/c1-2-13-9-4-7-6(5-11-12-7)3-8(9)10-1/h3-5,10H,1-2H2,(H,11,12). The van der Waals surface area contributed by atoms with Crippen LogP contribution < -0.4 is 10.1 Å². The van der Waals surface area contributed by atoms with Gasteiger partial charge >= 0.3 is 0 Å². The average Bonchev–Trinajstić information content (AvgIpc) is 2.61. The SMILES string of the molecule is c1n[nH]c2cc3c(cc12)NCCO3. The minimum Gasteiger partial charge on any atom is -0.490 e. The minimum absolute atomic E-state index is 0.729. The summed E-state index contributed by atoms with van der Waals surface area (Å²) in [5.41, 5.74) is 2.07. The smallest absolute Gasteiger partial charge is 0.144 e. The van der Waals surface area contributed by atoms with Crippen molar-refractivity contribution in [2.24, 2.45) is 0 Å². The number of nitrogens with zero attached hydrogens (tertiary/aromatic N) is 1. The molecule has 1 aliphatic rings. The molecule has 3 rings (SSSR count). The monoisotopic (exact) mass is 175 g/mol. The molecule has 0 atom stereocenters. The van der Waals surface area contributed by atoms with E-state index in [-0.39, 0.29) is 0 Å². The number of aromatic amines is 1. The Morgan fingerprint density at radius 2 is 2.38 bits per heavy atom. The Labute approximate surface area is 74.9 Å². The first kappa shape index (κ1) is 6.77. The fourth-order valence-electron chi connectivity index (χ4n) is 1.58. The van der Waals surface area contributed by atoms with Crippen molar-refractivity contribution >= 4 is 16.6 Å². The maximum atomic E-state index is 5.49. The molecule has 4 nitrogen and oxygen atoms in total. The van der Waals surface area contributed by atoms with Crippen molar-refractivity contribution in [3.8, 4) is 5.75 Å². The third-order valence-electron chi connectivity index (χ3n) is 2.22. The van der Waals surface area contributed by atoms with Crippen LogP contribution in [0.3, 0.4) is 0 Å². The van der Waals surface area contributed by atoms with Crippen molar-refractivity contribution in [3.63, 3.8) is 0 Å². The lowest BCUT2D eigenvalue weighted by molar-refractivity contribution is 0.324. The molecule has 1 aromatic carbocycles. The predicted octanol–water partition coefficient (Wildman–Crippen LogP) is 1.37. The number of nitrogens with one attached hydrogen (secondary N) is 2. The van der Waals surface area contributed by atoms with Gasteiger partial charge in [-0.15, -0.1) is 0 Å². The molecule has 0 amide bonds. The molecule has 0 spiro atoms. The Hall–Kier alpha value is -1.71. The quantitative estimate of drug-likeness (QED) is 0.635. The Morgan fingerprint density at radius 3 is 3.38 bits per heavy atom. The molecule has 1 aliphatic heterocycles. The maximum absolute atomic E-state index is 5.49. The molecule has 4 heteroatoms. The minimum atomic E-state index is 0.729. The molecule has 0 saturated carbocycles. The molecule has 2 N–H and O–H groups in total. The number of rotatable bonds is 0. The highest BCUT2D eigenvalue weighted by atomic mass is 16.5. The number of hydrogen-bond donors (Lipinski definition) is 2. The van der Waals surface area contributed by atoms with E-state index in [1.165, 1.54) is 0 Å². The number of hydrogen-bond acceptors (Lipinski definition) is 3. The molecule has 0 fully saturated rings. The van der Waals surface area contributed by atoms with Crippen LogP contribution in [0.15, 0.2) is 18.3 Å². The Kier molecular flexibility index (Phi) is 1.24. The van der Waals surface area contributed by atoms with Crippen molar-refractivity contribution in [1.29, 1.82) is 0 Å². The second kappa shape index (κ2) is 2.39. The average molecular weight is 175 g/mol. The number of aromatic nitrogens is 2. The molecule has 2 aromatic rings. The molecule has 0 bridgehead atoms. The largest absolute Gasteiger partial charge is 0.490 e. The van der Waals surface area contributed by atoms with E-state index in [0.29, 0.717) is 0 Å². The number of anilines is 1. The van der Waals surface area contributed by atoms with Gasteiger partial charge in [0, 0.05) is 18.0 Å². The number of H-pyrrole nitrogens is 1. The van der Waals surface area contributed by atoms with Crippen LogP contribution in [0.5, 0.6) is 5.75 Å². The number of ether oxygens (including phenoxy) is 1. The van der Waals surface area contributed by atoms with Crippen molar-refractivity contribution in [2.75, 3.05) is 18.5 Å². The van der Waals surface area contributed by atoms with Gasteiger partial charge in [-0.2, -0.15) is 5.10 Å². The van der Waals surface area contributed by atoms with E-state index in [4.69, 9.17) is 4.74 Å². The van der Waals surface area contributed by atoms with Gasteiger partial charge in [0.05, 0.1) is 17.4 Å². The summed E-state index contributed by atoms with van der Waals surface area (Å²) in [7, 11) is 0. The summed E-state index contributed by atoms with van der Waals surface area (Å²) < 4.78 is 5.49. The van der Waals surface area contributed by atoms with Gasteiger partial charge in [-0.3, -0.25) is 5.10 Å². The lowest BCUT2D eigenvalue weighted by atomic mass is 10.2. The number of fused-ring (bicyclic) bond motifs is 2. The Balaban J connectivity index is 2.28. The maximum Gasteiger partial charge on any atom is 0.144 e. The first-order chi connectivity index (χ1) is 6.43. The zero-order chi connectivity index (χ0) is 8.67.